The number of carbonyl (C=O) groups excluding carboxylic acids is 1. The van der Waals surface area contributed by atoms with E-state index in [9.17, 15) is 9.90 Å². The lowest BCUT2D eigenvalue weighted by molar-refractivity contribution is -0.133. The van der Waals surface area contributed by atoms with Crippen molar-refractivity contribution in [3.63, 3.8) is 0 Å². The van der Waals surface area contributed by atoms with Gasteiger partial charge >= 0.3 is 0 Å². The average Bonchev–Trinajstić information content (AvgIpc) is 3.50. The molecule has 1 aromatic heterocycles. The fourth-order valence-corrected chi connectivity index (χ4v) is 5.92. The van der Waals surface area contributed by atoms with E-state index in [1.807, 2.05) is 4.90 Å². The van der Waals surface area contributed by atoms with Crippen molar-refractivity contribution >= 4 is 17.3 Å². The van der Waals surface area contributed by atoms with Gasteiger partial charge in [-0.25, -0.2) is 9.97 Å². The Morgan fingerprint density at radius 3 is 2.53 bits per heavy atom. The highest BCUT2D eigenvalue weighted by Crippen LogP contribution is 2.42. The number of rotatable bonds is 5. The second-order valence-electron chi connectivity index (χ2n) is 10.2. The van der Waals surface area contributed by atoms with Gasteiger partial charge in [0.15, 0.2) is 0 Å². The minimum absolute atomic E-state index is 0.138. The molecule has 2 saturated heterocycles. The Kier molecular flexibility index (Phi) is 5.62. The van der Waals surface area contributed by atoms with E-state index in [4.69, 9.17) is 0 Å². The molecule has 2 aliphatic heterocycles. The minimum Gasteiger partial charge on any atom is -0.386 e. The zero-order valence-electron chi connectivity index (χ0n) is 19.6. The normalized spacial score (nSPS) is 25.5. The molecule has 1 amide bonds. The molecule has 3 fully saturated rings. The number of anilines is 1. The highest BCUT2D eigenvalue weighted by atomic mass is 16.3. The van der Waals surface area contributed by atoms with E-state index < -0.39 is 6.10 Å². The molecular weight excluding hydrogens is 426 g/mol. The molecule has 1 aromatic carbocycles. The number of nitrogens with one attached hydrogen (secondary N) is 1. The summed E-state index contributed by atoms with van der Waals surface area (Å²) in [7, 11) is 0. The van der Waals surface area contributed by atoms with Crippen LogP contribution in [-0.2, 0) is 4.79 Å². The molecule has 2 aromatic rings. The molecular formula is C27H33N5O2. The summed E-state index contributed by atoms with van der Waals surface area (Å²) in [6.07, 6.45) is 6.18. The van der Waals surface area contributed by atoms with Gasteiger partial charge in [0.1, 0.15) is 18.2 Å². The standard InChI is InChI=1S/C27H33N5O2/c1-17-15-22(33)25-23(17)26(30-16-29-25)31-11-13-32(14-12-31)27(34)24(21-3-2-10-28-21)20-8-6-19(7-9-20)18-4-5-18/h6-9,16,18,21-22,24,28,33H,1-5,10-15H2/t21-,22+,24-/m0/s1. The Bertz CT molecular complexity index is 1080. The summed E-state index contributed by atoms with van der Waals surface area (Å²) in [5, 5.41) is 13.9. The van der Waals surface area contributed by atoms with E-state index in [1.54, 1.807) is 0 Å². The van der Waals surface area contributed by atoms with E-state index in [-0.39, 0.29) is 17.9 Å². The SMILES string of the molecule is C=C1C[C@@H](O)c2ncnc(N3CCN(C(=O)[C@@H](c4ccc(C5CC5)cc4)[C@@H]4CCCN4)CC3)c21. The van der Waals surface area contributed by atoms with E-state index in [0.29, 0.717) is 38.3 Å². The number of piperazine rings is 1. The van der Waals surface area contributed by atoms with Gasteiger partial charge in [0.25, 0.3) is 0 Å². The summed E-state index contributed by atoms with van der Waals surface area (Å²) in [6, 6.07) is 9.04. The predicted molar refractivity (Wildman–Crippen MR) is 132 cm³/mol. The number of nitrogens with zero attached hydrogens (tertiary/aromatic N) is 4. The van der Waals surface area contributed by atoms with Crippen LogP contribution in [0.4, 0.5) is 5.82 Å². The van der Waals surface area contributed by atoms with Gasteiger partial charge in [-0.05, 0) is 54.8 Å². The van der Waals surface area contributed by atoms with Crippen LogP contribution < -0.4 is 10.2 Å². The minimum atomic E-state index is -0.599. The fourth-order valence-electron chi connectivity index (χ4n) is 5.92. The Hall–Kier alpha value is -2.77. The van der Waals surface area contributed by atoms with Crippen molar-refractivity contribution in [2.75, 3.05) is 37.6 Å². The molecule has 2 N–H and O–H groups in total. The lowest BCUT2D eigenvalue weighted by Gasteiger charge is -2.38. The molecule has 2 aliphatic carbocycles. The van der Waals surface area contributed by atoms with Crippen molar-refractivity contribution in [2.24, 2.45) is 0 Å². The highest BCUT2D eigenvalue weighted by Gasteiger charge is 2.37. The molecule has 178 valence electrons. The number of benzene rings is 1. The third-order valence-electron chi connectivity index (χ3n) is 7.97. The Labute approximate surface area is 200 Å². The second-order valence-corrected chi connectivity index (χ2v) is 10.2. The smallest absolute Gasteiger partial charge is 0.231 e. The Morgan fingerprint density at radius 1 is 1.09 bits per heavy atom. The van der Waals surface area contributed by atoms with E-state index in [2.05, 4.69) is 51.0 Å². The third-order valence-corrected chi connectivity index (χ3v) is 7.97. The fraction of sp³-hybridized carbons (Fsp3) is 0.519. The topological polar surface area (TPSA) is 81.6 Å². The van der Waals surface area contributed by atoms with Gasteiger partial charge in [0.05, 0.1) is 11.6 Å². The molecule has 3 heterocycles. The molecule has 4 aliphatic rings. The summed E-state index contributed by atoms with van der Waals surface area (Å²) in [4.78, 5) is 26.9. The third kappa shape index (κ3) is 3.91. The average molecular weight is 460 g/mol. The first-order chi connectivity index (χ1) is 16.6. The lowest BCUT2D eigenvalue weighted by atomic mass is 9.88. The monoisotopic (exact) mass is 459 g/mol. The van der Waals surface area contributed by atoms with Crippen molar-refractivity contribution in [3.05, 3.63) is 59.6 Å². The lowest BCUT2D eigenvalue weighted by Crippen LogP contribution is -2.52. The van der Waals surface area contributed by atoms with Crippen LogP contribution in [0.5, 0.6) is 0 Å². The molecule has 0 bridgehead atoms. The zero-order valence-corrected chi connectivity index (χ0v) is 19.6. The number of carbonyl (C=O) groups is 1. The highest BCUT2D eigenvalue weighted by molar-refractivity contribution is 5.85. The van der Waals surface area contributed by atoms with E-state index in [0.717, 1.165) is 47.8 Å². The molecule has 0 spiro atoms. The summed E-state index contributed by atoms with van der Waals surface area (Å²) in [5.74, 6) is 1.65. The maximum absolute atomic E-state index is 13.8. The number of hydrogen-bond donors (Lipinski definition) is 2. The first kappa shape index (κ1) is 21.7. The summed E-state index contributed by atoms with van der Waals surface area (Å²) < 4.78 is 0. The zero-order chi connectivity index (χ0) is 23.2. The van der Waals surface area contributed by atoms with Crippen molar-refractivity contribution in [1.29, 1.82) is 0 Å². The van der Waals surface area contributed by atoms with Crippen LogP contribution in [0.15, 0.2) is 37.2 Å². The molecule has 0 unspecified atom stereocenters. The van der Waals surface area contributed by atoms with Crippen molar-refractivity contribution in [2.45, 2.75) is 56.1 Å². The Morgan fingerprint density at radius 2 is 1.85 bits per heavy atom. The molecule has 6 rings (SSSR count). The van der Waals surface area contributed by atoms with Gasteiger partial charge in [-0.2, -0.15) is 0 Å². The van der Waals surface area contributed by atoms with Crippen LogP contribution in [0.2, 0.25) is 0 Å². The second kappa shape index (κ2) is 8.78. The number of aliphatic hydroxyl groups is 1. The molecule has 7 heteroatoms. The van der Waals surface area contributed by atoms with Gasteiger partial charge in [-0.1, -0.05) is 30.8 Å². The quantitative estimate of drug-likeness (QED) is 0.716. The van der Waals surface area contributed by atoms with Crippen molar-refractivity contribution in [3.8, 4) is 0 Å². The van der Waals surface area contributed by atoms with Crippen molar-refractivity contribution in [1.82, 2.24) is 20.2 Å². The van der Waals surface area contributed by atoms with Gasteiger partial charge in [-0.15, -0.1) is 0 Å². The van der Waals surface area contributed by atoms with Crippen LogP contribution in [-0.4, -0.2) is 64.6 Å². The van der Waals surface area contributed by atoms with Crippen molar-refractivity contribution < 1.29 is 9.90 Å². The molecule has 7 nitrogen and oxygen atoms in total. The van der Waals surface area contributed by atoms with E-state index in [1.165, 1.54) is 24.7 Å². The van der Waals surface area contributed by atoms with Crippen LogP contribution in [0.3, 0.4) is 0 Å². The number of aliphatic hydroxyl groups excluding tert-OH is 1. The van der Waals surface area contributed by atoms with Crippen LogP contribution in [0, 0.1) is 0 Å². The van der Waals surface area contributed by atoms with E-state index >= 15 is 0 Å². The number of amides is 1. The van der Waals surface area contributed by atoms with Gasteiger partial charge < -0.3 is 20.2 Å². The molecule has 1 saturated carbocycles. The predicted octanol–water partition coefficient (Wildman–Crippen LogP) is 2.99. The van der Waals surface area contributed by atoms with Crippen LogP contribution in [0.25, 0.3) is 5.57 Å². The van der Waals surface area contributed by atoms with Crippen LogP contribution in [0.1, 0.15) is 72.4 Å². The van der Waals surface area contributed by atoms with Crippen LogP contribution >= 0.6 is 0 Å². The summed E-state index contributed by atoms with van der Waals surface area (Å²) >= 11 is 0. The first-order valence-electron chi connectivity index (χ1n) is 12.7. The van der Waals surface area contributed by atoms with Gasteiger partial charge in [-0.3, -0.25) is 4.79 Å². The maximum Gasteiger partial charge on any atom is 0.231 e. The molecule has 34 heavy (non-hydrogen) atoms. The maximum atomic E-state index is 13.8. The Balaban J connectivity index is 1.19. The molecule has 0 radical (unpaired) electrons. The largest absolute Gasteiger partial charge is 0.386 e. The van der Waals surface area contributed by atoms with Gasteiger partial charge in [0, 0.05) is 44.2 Å². The molecule has 3 atom stereocenters. The van der Waals surface area contributed by atoms with Gasteiger partial charge in [0.2, 0.25) is 5.91 Å². The number of aromatic nitrogens is 2. The summed E-state index contributed by atoms with van der Waals surface area (Å²) in [5.41, 5.74) is 5.00. The summed E-state index contributed by atoms with van der Waals surface area (Å²) in [6.45, 7) is 7.86. The number of hydrogen-bond acceptors (Lipinski definition) is 6. The number of fused-ring (bicyclic) bond motifs is 1. The first-order valence-corrected chi connectivity index (χ1v) is 12.7.